The molecule has 2 heterocycles. The van der Waals surface area contributed by atoms with Crippen molar-refractivity contribution in [2.24, 2.45) is 0 Å². The number of furan rings is 1. The van der Waals surface area contributed by atoms with Crippen molar-refractivity contribution in [3.63, 3.8) is 0 Å². The lowest BCUT2D eigenvalue weighted by molar-refractivity contribution is 0.441. The average Bonchev–Trinajstić information content (AvgIpc) is 2.98. The number of sulfonamides is 1. The number of hydrogen-bond donors (Lipinski definition) is 2. The summed E-state index contributed by atoms with van der Waals surface area (Å²) in [6.07, 6.45) is 0. The Hall–Kier alpha value is -1.15. The van der Waals surface area contributed by atoms with Gasteiger partial charge in [0.1, 0.15) is 15.7 Å². The van der Waals surface area contributed by atoms with E-state index in [9.17, 15) is 8.42 Å². The molecule has 0 aliphatic carbocycles. The molecule has 0 saturated heterocycles. The molecular weight excluding hydrogens is 296 g/mol. The molecule has 0 fully saturated rings. The Balaban J connectivity index is 2.13. The number of rotatable bonds is 6. The molecule has 2 N–H and O–H groups in total. The second-order valence-corrected chi connectivity index (χ2v) is 7.45. The molecule has 20 heavy (non-hydrogen) atoms. The molecule has 7 heteroatoms. The highest BCUT2D eigenvalue weighted by Crippen LogP contribution is 2.23. The molecule has 0 bridgehead atoms. The van der Waals surface area contributed by atoms with Crippen molar-refractivity contribution in [2.45, 2.75) is 30.6 Å². The Morgan fingerprint density at radius 3 is 2.75 bits per heavy atom. The van der Waals surface area contributed by atoms with Crippen LogP contribution in [0, 0.1) is 6.92 Å². The first-order chi connectivity index (χ1) is 9.42. The third kappa shape index (κ3) is 3.49. The fourth-order valence-electron chi connectivity index (χ4n) is 1.83. The molecule has 0 spiro atoms. The van der Waals surface area contributed by atoms with Crippen LogP contribution in [0.4, 0.5) is 0 Å². The second-order valence-electron chi connectivity index (χ2n) is 4.60. The topological polar surface area (TPSA) is 71.3 Å². The maximum absolute atomic E-state index is 12.3. The highest BCUT2D eigenvalue weighted by Gasteiger charge is 2.21. The molecule has 0 radical (unpaired) electrons. The average molecular weight is 314 g/mol. The van der Waals surface area contributed by atoms with Crippen molar-refractivity contribution < 1.29 is 12.8 Å². The summed E-state index contributed by atoms with van der Waals surface area (Å²) >= 11 is 1.22. The fraction of sp³-hybridized carbons (Fsp3) is 0.385. The van der Waals surface area contributed by atoms with Crippen molar-refractivity contribution in [2.75, 3.05) is 7.05 Å². The molecule has 2 aromatic heterocycles. The molecule has 1 unspecified atom stereocenters. The lowest BCUT2D eigenvalue weighted by Gasteiger charge is -2.10. The van der Waals surface area contributed by atoms with Crippen molar-refractivity contribution in [1.29, 1.82) is 0 Å². The first-order valence-corrected chi connectivity index (χ1v) is 8.59. The largest absolute Gasteiger partial charge is 0.465 e. The molecule has 0 aliphatic rings. The zero-order chi connectivity index (χ0) is 14.8. The van der Waals surface area contributed by atoms with Crippen molar-refractivity contribution in [3.8, 4) is 0 Å². The van der Waals surface area contributed by atoms with Gasteiger partial charge in [-0.1, -0.05) is 0 Å². The van der Waals surface area contributed by atoms with Crippen LogP contribution < -0.4 is 10.0 Å². The summed E-state index contributed by atoms with van der Waals surface area (Å²) < 4.78 is 32.9. The van der Waals surface area contributed by atoms with Crippen molar-refractivity contribution in [1.82, 2.24) is 10.0 Å². The molecule has 5 nitrogen and oxygen atoms in total. The number of thiophene rings is 1. The number of nitrogens with one attached hydrogen (secondary N) is 2. The molecule has 0 aliphatic heterocycles. The predicted molar refractivity (Wildman–Crippen MR) is 79.3 cm³/mol. The summed E-state index contributed by atoms with van der Waals surface area (Å²) in [7, 11) is -1.69. The van der Waals surface area contributed by atoms with Gasteiger partial charge in [0.15, 0.2) is 0 Å². The second kappa shape index (κ2) is 6.09. The molecule has 2 rings (SSSR count). The van der Waals surface area contributed by atoms with Gasteiger partial charge in [-0.05, 0) is 50.0 Å². The smallest absolute Gasteiger partial charge is 0.250 e. The minimum Gasteiger partial charge on any atom is -0.465 e. The van der Waals surface area contributed by atoms with Crippen LogP contribution in [-0.2, 0) is 16.6 Å². The van der Waals surface area contributed by atoms with E-state index in [1.54, 1.807) is 19.1 Å². The maximum Gasteiger partial charge on any atom is 0.250 e. The number of hydrogen-bond acceptors (Lipinski definition) is 5. The lowest BCUT2D eigenvalue weighted by atomic mass is 10.3. The maximum atomic E-state index is 12.3. The van der Waals surface area contributed by atoms with Crippen LogP contribution in [0.5, 0.6) is 0 Å². The van der Waals surface area contributed by atoms with E-state index in [2.05, 4.69) is 10.0 Å². The lowest BCUT2D eigenvalue weighted by Crippen LogP contribution is -2.26. The predicted octanol–water partition coefficient (Wildman–Crippen LogP) is 2.41. The van der Waals surface area contributed by atoms with Crippen LogP contribution in [0.2, 0.25) is 0 Å². The molecule has 0 saturated carbocycles. The summed E-state index contributed by atoms with van der Waals surface area (Å²) in [6.45, 7) is 4.24. The van der Waals surface area contributed by atoms with E-state index in [-0.39, 0.29) is 0 Å². The molecule has 110 valence electrons. The van der Waals surface area contributed by atoms with Crippen LogP contribution in [0.15, 0.2) is 32.2 Å². The summed E-state index contributed by atoms with van der Waals surface area (Å²) in [5.74, 6) is 1.37. The van der Waals surface area contributed by atoms with Gasteiger partial charge in [0.25, 0.3) is 10.0 Å². The first-order valence-electron chi connectivity index (χ1n) is 6.23. The summed E-state index contributed by atoms with van der Waals surface area (Å²) in [5.41, 5.74) is 0.958. The zero-order valence-corrected chi connectivity index (χ0v) is 13.3. The van der Waals surface area contributed by atoms with Crippen LogP contribution in [0.3, 0.4) is 0 Å². The van der Waals surface area contributed by atoms with Crippen LogP contribution in [0.1, 0.15) is 30.0 Å². The van der Waals surface area contributed by atoms with Gasteiger partial charge in [-0.2, -0.15) is 0 Å². The Morgan fingerprint density at radius 2 is 2.15 bits per heavy atom. The number of aryl methyl sites for hydroxylation is 1. The van der Waals surface area contributed by atoms with E-state index >= 15 is 0 Å². The van der Waals surface area contributed by atoms with E-state index in [1.807, 2.05) is 25.4 Å². The van der Waals surface area contributed by atoms with Gasteiger partial charge in [-0.25, -0.2) is 13.1 Å². The van der Waals surface area contributed by atoms with E-state index in [1.165, 1.54) is 11.3 Å². The zero-order valence-electron chi connectivity index (χ0n) is 11.6. The highest BCUT2D eigenvalue weighted by atomic mass is 32.2. The highest BCUT2D eigenvalue weighted by molar-refractivity contribution is 7.91. The standard InChI is InChI=1S/C13H18N2O3S2/c1-9-4-5-12(18-9)10(2)15-20(16,17)13-6-11(7-14-3)8-19-13/h4-6,8,10,14-15H,7H2,1-3H3. The van der Waals surface area contributed by atoms with Gasteiger partial charge in [-0.3, -0.25) is 0 Å². The van der Waals surface area contributed by atoms with Crippen molar-refractivity contribution in [3.05, 3.63) is 40.7 Å². The molecular formula is C13H18N2O3S2. The van der Waals surface area contributed by atoms with Crippen LogP contribution in [0.25, 0.3) is 0 Å². The Labute approximate surface area is 123 Å². The van der Waals surface area contributed by atoms with E-state index in [0.29, 0.717) is 16.5 Å². The Bertz CT molecular complexity index is 673. The van der Waals surface area contributed by atoms with Gasteiger partial charge in [-0.15, -0.1) is 11.3 Å². The monoisotopic (exact) mass is 314 g/mol. The van der Waals surface area contributed by atoms with Gasteiger partial charge >= 0.3 is 0 Å². The quantitative estimate of drug-likeness (QED) is 0.859. The van der Waals surface area contributed by atoms with Crippen LogP contribution in [-0.4, -0.2) is 15.5 Å². The molecule has 1 atom stereocenters. The third-order valence-electron chi connectivity index (χ3n) is 2.80. The first kappa shape index (κ1) is 15.2. The minimum atomic E-state index is -3.52. The summed E-state index contributed by atoms with van der Waals surface area (Å²) in [5, 5.41) is 4.83. The third-order valence-corrected chi connectivity index (χ3v) is 5.82. The van der Waals surface area contributed by atoms with Gasteiger partial charge in [0, 0.05) is 6.54 Å². The van der Waals surface area contributed by atoms with Gasteiger partial charge in [0.05, 0.1) is 6.04 Å². The Kier molecular flexibility index (Phi) is 4.64. The fourth-order valence-corrected chi connectivity index (χ4v) is 4.26. The van der Waals surface area contributed by atoms with Crippen LogP contribution >= 0.6 is 11.3 Å². The van der Waals surface area contributed by atoms with E-state index < -0.39 is 16.1 Å². The normalized spacial score (nSPS) is 13.6. The summed E-state index contributed by atoms with van der Waals surface area (Å²) in [6, 6.07) is 4.88. The van der Waals surface area contributed by atoms with Gasteiger partial charge < -0.3 is 9.73 Å². The molecule has 0 amide bonds. The molecule has 2 aromatic rings. The van der Waals surface area contributed by atoms with Gasteiger partial charge in [0.2, 0.25) is 0 Å². The minimum absolute atomic E-state index is 0.317. The summed E-state index contributed by atoms with van der Waals surface area (Å²) in [4.78, 5) is 0. The van der Waals surface area contributed by atoms with E-state index in [4.69, 9.17) is 4.42 Å². The SMILES string of the molecule is CNCc1csc(S(=O)(=O)NC(C)c2ccc(C)o2)c1. The van der Waals surface area contributed by atoms with Crippen molar-refractivity contribution >= 4 is 21.4 Å². The molecule has 0 aromatic carbocycles. The Morgan fingerprint density at radius 1 is 1.40 bits per heavy atom. The van der Waals surface area contributed by atoms with E-state index in [0.717, 1.165) is 11.3 Å².